The number of nitrogens with one attached hydrogen (secondary N) is 1. The number of anilines is 1. The van der Waals surface area contributed by atoms with Gasteiger partial charge in [-0.1, -0.05) is 25.4 Å². The van der Waals surface area contributed by atoms with Crippen LogP contribution in [0.3, 0.4) is 0 Å². The molecule has 0 aromatic heterocycles. The van der Waals surface area contributed by atoms with Gasteiger partial charge in [0, 0.05) is 16.8 Å². The lowest BCUT2D eigenvalue weighted by Gasteiger charge is -2.20. The van der Waals surface area contributed by atoms with Crippen molar-refractivity contribution in [1.82, 2.24) is 0 Å². The van der Waals surface area contributed by atoms with E-state index in [1.54, 1.807) is 0 Å². The standard InChI is InChI=1S/C14H19ClF3N/c1-9(2)4-5-10(3)19-13-7-6-11(15)8-12(13)14(16,17)18/h6-10,19H,4-5H2,1-3H3. The minimum Gasteiger partial charge on any atom is -0.382 e. The molecular weight excluding hydrogens is 275 g/mol. The van der Waals surface area contributed by atoms with Crippen LogP contribution in [0.1, 0.15) is 39.2 Å². The first kappa shape index (κ1) is 16.2. The molecule has 0 heterocycles. The topological polar surface area (TPSA) is 12.0 Å². The molecule has 1 unspecified atom stereocenters. The van der Waals surface area contributed by atoms with E-state index in [-0.39, 0.29) is 16.8 Å². The van der Waals surface area contributed by atoms with Crippen LogP contribution >= 0.6 is 11.6 Å². The summed E-state index contributed by atoms with van der Waals surface area (Å²) in [5.74, 6) is 0.538. The molecule has 0 fully saturated rings. The molecule has 1 N–H and O–H groups in total. The zero-order valence-corrected chi connectivity index (χ0v) is 12.1. The summed E-state index contributed by atoms with van der Waals surface area (Å²) in [5.41, 5.74) is -0.621. The van der Waals surface area contributed by atoms with E-state index >= 15 is 0 Å². The molecule has 1 aromatic rings. The predicted molar refractivity (Wildman–Crippen MR) is 73.6 cm³/mol. The van der Waals surface area contributed by atoms with Crippen LogP contribution in [0.4, 0.5) is 18.9 Å². The van der Waals surface area contributed by atoms with E-state index in [0.29, 0.717) is 5.92 Å². The molecule has 5 heteroatoms. The second-order valence-corrected chi connectivity index (χ2v) is 5.64. The van der Waals surface area contributed by atoms with Crippen molar-refractivity contribution in [2.24, 2.45) is 5.92 Å². The van der Waals surface area contributed by atoms with Gasteiger partial charge in [0.1, 0.15) is 0 Å². The van der Waals surface area contributed by atoms with Gasteiger partial charge in [0.05, 0.1) is 5.56 Å². The first-order valence-corrected chi connectivity index (χ1v) is 6.71. The van der Waals surface area contributed by atoms with Gasteiger partial charge < -0.3 is 5.32 Å². The van der Waals surface area contributed by atoms with E-state index in [1.807, 2.05) is 6.92 Å². The molecule has 108 valence electrons. The summed E-state index contributed by atoms with van der Waals surface area (Å²) >= 11 is 5.63. The Bertz CT molecular complexity index is 416. The first-order valence-electron chi connectivity index (χ1n) is 6.33. The summed E-state index contributed by atoms with van der Waals surface area (Å²) in [4.78, 5) is 0. The second-order valence-electron chi connectivity index (χ2n) is 5.20. The third-order valence-electron chi connectivity index (χ3n) is 2.87. The normalized spacial score (nSPS) is 13.7. The summed E-state index contributed by atoms with van der Waals surface area (Å²) in [6.07, 6.45) is -2.59. The van der Waals surface area contributed by atoms with Crippen molar-refractivity contribution in [2.45, 2.75) is 45.8 Å². The molecule has 0 radical (unpaired) electrons. The van der Waals surface area contributed by atoms with Crippen LogP contribution in [0, 0.1) is 5.92 Å². The number of benzene rings is 1. The van der Waals surface area contributed by atoms with Crippen LogP contribution in [0.25, 0.3) is 0 Å². The van der Waals surface area contributed by atoms with Gasteiger partial charge in [0.25, 0.3) is 0 Å². The van der Waals surface area contributed by atoms with Gasteiger partial charge in [-0.2, -0.15) is 13.2 Å². The minimum atomic E-state index is -4.40. The predicted octanol–water partition coefficient (Wildman–Crippen LogP) is 5.60. The zero-order chi connectivity index (χ0) is 14.6. The summed E-state index contributed by atoms with van der Waals surface area (Å²) in [5, 5.41) is 3.01. The lowest BCUT2D eigenvalue weighted by Crippen LogP contribution is -2.19. The molecule has 0 bridgehead atoms. The minimum absolute atomic E-state index is 0.00956. The largest absolute Gasteiger partial charge is 0.418 e. The second kappa shape index (κ2) is 6.51. The highest BCUT2D eigenvalue weighted by atomic mass is 35.5. The first-order chi connectivity index (χ1) is 8.70. The highest BCUT2D eigenvalue weighted by Gasteiger charge is 2.34. The van der Waals surface area contributed by atoms with Crippen molar-refractivity contribution in [3.63, 3.8) is 0 Å². The lowest BCUT2D eigenvalue weighted by molar-refractivity contribution is -0.137. The fourth-order valence-electron chi connectivity index (χ4n) is 1.80. The van der Waals surface area contributed by atoms with Gasteiger partial charge in [-0.25, -0.2) is 0 Å². The highest BCUT2D eigenvalue weighted by Crippen LogP contribution is 2.36. The van der Waals surface area contributed by atoms with Crippen LogP contribution in [0.15, 0.2) is 18.2 Å². The van der Waals surface area contributed by atoms with Crippen LogP contribution in [0.2, 0.25) is 5.02 Å². The van der Waals surface area contributed by atoms with E-state index in [4.69, 9.17) is 11.6 Å². The molecule has 1 aromatic carbocycles. The number of rotatable bonds is 5. The van der Waals surface area contributed by atoms with Gasteiger partial charge >= 0.3 is 6.18 Å². The lowest BCUT2D eigenvalue weighted by atomic mass is 10.0. The van der Waals surface area contributed by atoms with E-state index in [2.05, 4.69) is 19.2 Å². The van der Waals surface area contributed by atoms with Gasteiger partial charge in [-0.15, -0.1) is 0 Å². The SMILES string of the molecule is CC(C)CCC(C)Nc1ccc(Cl)cc1C(F)(F)F. The Morgan fingerprint density at radius 2 is 1.79 bits per heavy atom. The number of halogens is 4. The number of alkyl halides is 3. The zero-order valence-electron chi connectivity index (χ0n) is 11.3. The Hall–Kier alpha value is -0.900. The number of hydrogen-bond acceptors (Lipinski definition) is 1. The molecule has 0 saturated carbocycles. The Balaban J connectivity index is 2.83. The van der Waals surface area contributed by atoms with E-state index < -0.39 is 11.7 Å². The monoisotopic (exact) mass is 293 g/mol. The Kier molecular flexibility index (Phi) is 5.53. The molecule has 1 atom stereocenters. The average molecular weight is 294 g/mol. The van der Waals surface area contributed by atoms with Crippen LogP contribution in [-0.2, 0) is 6.18 Å². The van der Waals surface area contributed by atoms with E-state index in [0.717, 1.165) is 18.9 Å². The summed E-state index contributed by atoms with van der Waals surface area (Å²) in [7, 11) is 0. The van der Waals surface area contributed by atoms with Crippen molar-refractivity contribution in [3.8, 4) is 0 Å². The maximum atomic E-state index is 12.9. The van der Waals surface area contributed by atoms with Crippen molar-refractivity contribution < 1.29 is 13.2 Å². The summed E-state index contributed by atoms with van der Waals surface area (Å²) in [6.45, 7) is 6.07. The van der Waals surface area contributed by atoms with Gasteiger partial charge in [-0.05, 0) is 43.9 Å². The Morgan fingerprint density at radius 3 is 2.32 bits per heavy atom. The molecule has 0 aliphatic heterocycles. The molecular formula is C14H19ClF3N. The summed E-state index contributed by atoms with van der Waals surface area (Å²) in [6, 6.07) is 3.80. The average Bonchev–Trinajstić information content (AvgIpc) is 2.27. The quantitative estimate of drug-likeness (QED) is 0.745. The van der Waals surface area contributed by atoms with Gasteiger partial charge in [0.15, 0.2) is 0 Å². The molecule has 0 aliphatic carbocycles. The molecule has 1 nitrogen and oxygen atoms in total. The number of hydrogen-bond donors (Lipinski definition) is 1. The van der Waals surface area contributed by atoms with Crippen LogP contribution < -0.4 is 5.32 Å². The Labute approximate surface area is 117 Å². The van der Waals surface area contributed by atoms with Crippen molar-refractivity contribution in [2.75, 3.05) is 5.32 Å². The van der Waals surface area contributed by atoms with Crippen LogP contribution in [0.5, 0.6) is 0 Å². The fraction of sp³-hybridized carbons (Fsp3) is 0.571. The molecule has 0 aliphatic rings. The summed E-state index contributed by atoms with van der Waals surface area (Å²) < 4.78 is 38.7. The molecule has 0 spiro atoms. The van der Waals surface area contributed by atoms with E-state index in [1.165, 1.54) is 12.1 Å². The van der Waals surface area contributed by atoms with Crippen molar-refractivity contribution in [1.29, 1.82) is 0 Å². The van der Waals surface area contributed by atoms with Gasteiger partial charge in [-0.3, -0.25) is 0 Å². The van der Waals surface area contributed by atoms with Crippen molar-refractivity contribution in [3.05, 3.63) is 28.8 Å². The smallest absolute Gasteiger partial charge is 0.382 e. The molecule has 0 amide bonds. The molecule has 1 rings (SSSR count). The van der Waals surface area contributed by atoms with Crippen LogP contribution in [-0.4, -0.2) is 6.04 Å². The van der Waals surface area contributed by atoms with Gasteiger partial charge in [0.2, 0.25) is 0 Å². The third-order valence-corrected chi connectivity index (χ3v) is 3.10. The van der Waals surface area contributed by atoms with Crippen molar-refractivity contribution >= 4 is 17.3 Å². The fourth-order valence-corrected chi connectivity index (χ4v) is 1.97. The maximum absolute atomic E-state index is 12.9. The Morgan fingerprint density at radius 1 is 1.16 bits per heavy atom. The molecule has 19 heavy (non-hydrogen) atoms. The highest BCUT2D eigenvalue weighted by molar-refractivity contribution is 6.30. The molecule has 0 saturated heterocycles. The third kappa shape index (κ3) is 5.31. The van der Waals surface area contributed by atoms with E-state index in [9.17, 15) is 13.2 Å². The maximum Gasteiger partial charge on any atom is 0.418 e.